The van der Waals surface area contributed by atoms with Crippen molar-refractivity contribution in [1.82, 2.24) is 25.4 Å². The summed E-state index contributed by atoms with van der Waals surface area (Å²) < 4.78 is 0. The molecule has 3 atom stereocenters. The maximum atomic E-state index is 12.9. The molecule has 1 aromatic rings. The van der Waals surface area contributed by atoms with Gasteiger partial charge >= 0.3 is 6.03 Å². The smallest absolute Gasteiger partial charge is 0.317 e. The highest BCUT2D eigenvalue weighted by Crippen LogP contribution is 2.30. The van der Waals surface area contributed by atoms with Crippen LogP contribution in [0.3, 0.4) is 0 Å². The van der Waals surface area contributed by atoms with Crippen molar-refractivity contribution in [3.8, 4) is 0 Å². The van der Waals surface area contributed by atoms with Gasteiger partial charge in [0.05, 0.1) is 6.17 Å². The second-order valence-corrected chi connectivity index (χ2v) is 8.75. The van der Waals surface area contributed by atoms with E-state index in [1.807, 2.05) is 6.20 Å². The van der Waals surface area contributed by atoms with E-state index in [9.17, 15) is 4.79 Å². The topological polar surface area (TPSA) is 63.4 Å². The Labute approximate surface area is 163 Å². The first-order valence-corrected chi connectivity index (χ1v) is 10.8. The number of hydrogen-bond acceptors (Lipinski definition) is 3. The van der Waals surface area contributed by atoms with Gasteiger partial charge in [0, 0.05) is 55.6 Å². The lowest BCUT2D eigenvalue weighted by atomic mass is 9.91. The third-order valence-electron chi connectivity index (χ3n) is 6.95. The van der Waals surface area contributed by atoms with Crippen LogP contribution in [0.1, 0.15) is 62.9 Å². The van der Waals surface area contributed by atoms with Crippen molar-refractivity contribution >= 4 is 6.03 Å². The Kier molecular flexibility index (Phi) is 5.74. The second kappa shape index (κ2) is 8.23. The Balaban J connectivity index is 1.41. The van der Waals surface area contributed by atoms with Crippen molar-refractivity contribution in [2.75, 3.05) is 26.7 Å². The number of nitrogens with zero attached hydrogens (tertiary/aromatic N) is 2. The van der Waals surface area contributed by atoms with Gasteiger partial charge in [0.1, 0.15) is 0 Å². The number of likely N-dealkylation sites (N-methyl/N-ethyl adjacent to an activating group) is 1. The van der Waals surface area contributed by atoms with E-state index in [2.05, 4.69) is 45.5 Å². The molecule has 3 aliphatic rings. The van der Waals surface area contributed by atoms with Crippen LogP contribution in [0.2, 0.25) is 0 Å². The van der Waals surface area contributed by atoms with E-state index in [0.29, 0.717) is 18.0 Å². The van der Waals surface area contributed by atoms with E-state index in [1.54, 1.807) is 0 Å². The van der Waals surface area contributed by atoms with Crippen LogP contribution in [0.25, 0.3) is 0 Å². The zero-order valence-electron chi connectivity index (χ0n) is 16.8. The summed E-state index contributed by atoms with van der Waals surface area (Å²) >= 11 is 0. The van der Waals surface area contributed by atoms with Crippen molar-refractivity contribution in [1.29, 1.82) is 0 Å². The number of fused-ring (bicyclic) bond motifs is 1. The van der Waals surface area contributed by atoms with Gasteiger partial charge < -0.3 is 15.2 Å². The summed E-state index contributed by atoms with van der Waals surface area (Å²) in [5, 5.41) is 6.98. The van der Waals surface area contributed by atoms with E-state index in [1.165, 1.54) is 30.5 Å². The number of aromatic amines is 1. The van der Waals surface area contributed by atoms with Crippen LogP contribution in [0.5, 0.6) is 0 Å². The van der Waals surface area contributed by atoms with Crippen molar-refractivity contribution in [3.05, 3.63) is 23.5 Å². The molecule has 150 valence electrons. The highest BCUT2D eigenvalue weighted by atomic mass is 16.2. The molecule has 3 heterocycles. The zero-order valence-corrected chi connectivity index (χ0v) is 16.8. The first-order valence-electron chi connectivity index (χ1n) is 10.8. The molecule has 6 heteroatoms. The Bertz CT molecular complexity index is 638. The molecule has 1 aromatic heterocycles. The Morgan fingerprint density at radius 1 is 1.26 bits per heavy atom. The molecule has 1 aliphatic carbocycles. The lowest BCUT2D eigenvalue weighted by Crippen LogP contribution is -2.58. The quantitative estimate of drug-likeness (QED) is 0.763. The van der Waals surface area contributed by atoms with E-state index >= 15 is 0 Å². The summed E-state index contributed by atoms with van der Waals surface area (Å²) in [6, 6.07) is 3.09. The highest BCUT2D eigenvalue weighted by molar-refractivity contribution is 5.74. The normalized spacial score (nSPS) is 29.6. The molecule has 4 rings (SSSR count). The highest BCUT2D eigenvalue weighted by Gasteiger charge is 2.36. The number of carbonyl (C=O) groups excluding carboxylic acids is 1. The van der Waals surface area contributed by atoms with E-state index in [-0.39, 0.29) is 12.2 Å². The minimum absolute atomic E-state index is 0.145. The maximum Gasteiger partial charge on any atom is 0.317 e. The number of carbonyl (C=O) groups is 1. The molecule has 27 heavy (non-hydrogen) atoms. The summed E-state index contributed by atoms with van der Waals surface area (Å²) in [4.78, 5) is 20.7. The average molecular weight is 374 g/mol. The van der Waals surface area contributed by atoms with Gasteiger partial charge in [-0.05, 0) is 38.3 Å². The number of aromatic nitrogens is 1. The SMILES string of the molecule is CC1CCN(C(=O)NC2CCCCC2)CC1N(C)C1NCCc2[nH]ccc21. The largest absolute Gasteiger partial charge is 0.365 e. The Morgan fingerprint density at radius 2 is 2.07 bits per heavy atom. The van der Waals surface area contributed by atoms with Gasteiger partial charge in [-0.15, -0.1) is 0 Å². The van der Waals surface area contributed by atoms with Crippen LogP contribution < -0.4 is 10.6 Å². The average Bonchev–Trinajstić information content (AvgIpc) is 3.17. The molecule has 0 aromatic carbocycles. The number of likely N-dealkylation sites (tertiary alicyclic amines) is 1. The van der Waals surface area contributed by atoms with E-state index < -0.39 is 0 Å². The van der Waals surface area contributed by atoms with Gasteiger partial charge in [-0.3, -0.25) is 10.2 Å². The molecule has 2 aliphatic heterocycles. The molecule has 0 spiro atoms. The number of urea groups is 1. The fourth-order valence-electron chi connectivity index (χ4n) is 5.16. The molecule has 3 N–H and O–H groups in total. The van der Waals surface area contributed by atoms with Crippen molar-refractivity contribution in [2.45, 2.75) is 70.1 Å². The van der Waals surface area contributed by atoms with Crippen LogP contribution in [0, 0.1) is 5.92 Å². The predicted octanol–water partition coefficient (Wildman–Crippen LogP) is 2.84. The Morgan fingerprint density at radius 3 is 2.89 bits per heavy atom. The first kappa shape index (κ1) is 18.8. The molecule has 2 fully saturated rings. The minimum Gasteiger partial charge on any atom is -0.365 e. The summed E-state index contributed by atoms with van der Waals surface area (Å²) in [6.45, 7) is 5.01. The summed E-state index contributed by atoms with van der Waals surface area (Å²) in [5.41, 5.74) is 2.71. The van der Waals surface area contributed by atoms with Gasteiger partial charge in [-0.1, -0.05) is 26.2 Å². The monoisotopic (exact) mass is 373 g/mol. The molecule has 2 amide bonds. The standard InChI is InChI=1S/C21H35N5O/c1-15-10-13-26(21(27)24-16-6-4-3-5-7-16)14-19(15)25(2)20-17-8-11-22-18(17)9-12-23-20/h8,11,15-16,19-20,22-23H,3-7,9-10,12-14H2,1-2H3,(H,24,27). The van der Waals surface area contributed by atoms with Gasteiger partial charge in [0.25, 0.3) is 0 Å². The summed E-state index contributed by atoms with van der Waals surface area (Å²) in [7, 11) is 2.21. The van der Waals surface area contributed by atoms with Crippen LogP contribution in [0.15, 0.2) is 12.3 Å². The minimum atomic E-state index is 0.145. The lowest BCUT2D eigenvalue weighted by molar-refractivity contribution is 0.0477. The van der Waals surface area contributed by atoms with E-state index in [4.69, 9.17) is 0 Å². The van der Waals surface area contributed by atoms with Crippen molar-refractivity contribution in [2.24, 2.45) is 5.92 Å². The number of H-pyrrole nitrogens is 1. The van der Waals surface area contributed by atoms with Gasteiger partial charge in [-0.25, -0.2) is 4.79 Å². The molecule has 3 unspecified atom stereocenters. The molecule has 1 saturated carbocycles. The fourth-order valence-corrected chi connectivity index (χ4v) is 5.16. The van der Waals surface area contributed by atoms with E-state index in [0.717, 1.165) is 45.3 Å². The molecule has 1 saturated heterocycles. The van der Waals surface area contributed by atoms with Gasteiger partial charge in [0.15, 0.2) is 0 Å². The second-order valence-electron chi connectivity index (χ2n) is 8.75. The van der Waals surface area contributed by atoms with Crippen LogP contribution in [-0.2, 0) is 6.42 Å². The van der Waals surface area contributed by atoms with Crippen molar-refractivity contribution in [3.63, 3.8) is 0 Å². The van der Waals surface area contributed by atoms with Gasteiger partial charge in [-0.2, -0.15) is 0 Å². The molecular formula is C21H35N5O. The maximum absolute atomic E-state index is 12.9. The number of nitrogens with one attached hydrogen (secondary N) is 3. The Hall–Kier alpha value is -1.53. The third-order valence-corrected chi connectivity index (χ3v) is 6.95. The summed E-state index contributed by atoms with van der Waals surface area (Å²) in [6.07, 6.45) is 10.5. The third kappa shape index (κ3) is 4.02. The van der Waals surface area contributed by atoms with Crippen LogP contribution in [0.4, 0.5) is 4.79 Å². The lowest BCUT2D eigenvalue weighted by Gasteiger charge is -2.45. The number of rotatable bonds is 3. The first-order chi connectivity index (χ1) is 13.1. The zero-order chi connectivity index (χ0) is 18.8. The molecule has 6 nitrogen and oxygen atoms in total. The van der Waals surface area contributed by atoms with Crippen molar-refractivity contribution < 1.29 is 4.79 Å². The molecule has 0 radical (unpaired) electrons. The van der Waals surface area contributed by atoms with Crippen LogP contribution >= 0.6 is 0 Å². The number of hydrogen-bond donors (Lipinski definition) is 3. The number of amides is 2. The number of piperidine rings is 1. The predicted molar refractivity (Wildman–Crippen MR) is 108 cm³/mol. The fraction of sp³-hybridized carbons (Fsp3) is 0.762. The molecular weight excluding hydrogens is 338 g/mol. The molecule has 0 bridgehead atoms. The van der Waals surface area contributed by atoms with Gasteiger partial charge in [0.2, 0.25) is 0 Å². The van der Waals surface area contributed by atoms with Crippen LogP contribution in [-0.4, -0.2) is 59.6 Å². The summed E-state index contributed by atoms with van der Waals surface area (Å²) in [5.74, 6) is 0.583.